The lowest BCUT2D eigenvalue weighted by Crippen LogP contribution is -2.28. The summed E-state index contributed by atoms with van der Waals surface area (Å²) in [7, 11) is 3.16. The summed E-state index contributed by atoms with van der Waals surface area (Å²) in [6, 6.07) is 10.9. The van der Waals surface area contributed by atoms with Crippen molar-refractivity contribution >= 4 is 11.6 Å². The maximum atomic E-state index is 12.8. The van der Waals surface area contributed by atoms with Crippen molar-refractivity contribution in [3.05, 3.63) is 54.5 Å². The molecule has 7 nitrogen and oxygen atoms in total. The molecule has 0 unspecified atom stereocenters. The first-order chi connectivity index (χ1) is 13.2. The molecule has 1 amide bonds. The molecule has 2 heterocycles. The largest absolute Gasteiger partial charge is 0.493 e. The molecule has 1 fully saturated rings. The molecule has 4 rings (SSSR count). The molecule has 1 saturated carbocycles. The van der Waals surface area contributed by atoms with E-state index in [0.29, 0.717) is 28.6 Å². The van der Waals surface area contributed by atoms with Gasteiger partial charge in [-0.25, -0.2) is 0 Å². The minimum Gasteiger partial charge on any atom is -0.493 e. The van der Waals surface area contributed by atoms with E-state index in [1.54, 1.807) is 44.8 Å². The zero-order chi connectivity index (χ0) is 18.9. The summed E-state index contributed by atoms with van der Waals surface area (Å²) in [6.07, 6.45) is 4.75. The number of carbonyl (C=O) groups is 1. The van der Waals surface area contributed by atoms with Crippen LogP contribution in [0.1, 0.15) is 18.5 Å². The van der Waals surface area contributed by atoms with E-state index in [4.69, 9.17) is 14.0 Å². The number of nitrogens with one attached hydrogen (secondary N) is 1. The van der Waals surface area contributed by atoms with Crippen molar-refractivity contribution in [1.82, 2.24) is 10.1 Å². The minimum absolute atomic E-state index is 0.0948. The Labute approximate surface area is 156 Å². The first-order valence-corrected chi connectivity index (χ1v) is 8.57. The summed E-state index contributed by atoms with van der Waals surface area (Å²) in [5.74, 6) is 1.72. The monoisotopic (exact) mass is 365 g/mol. The van der Waals surface area contributed by atoms with E-state index >= 15 is 0 Å². The van der Waals surface area contributed by atoms with E-state index in [1.807, 2.05) is 18.2 Å². The van der Waals surface area contributed by atoms with Crippen molar-refractivity contribution in [3.8, 4) is 22.8 Å². The fourth-order valence-corrected chi connectivity index (χ4v) is 3.04. The number of hydrogen-bond donors (Lipinski definition) is 1. The van der Waals surface area contributed by atoms with Gasteiger partial charge < -0.3 is 19.3 Å². The quantitative estimate of drug-likeness (QED) is 0.720. The van der Waals surface area contributed by atoms with Gasteiger partial charge in [-0.15, -0.1) is 0 Å². The lowest BCUT2D eigenvalue weighted by Gasteiger charge is -2.12. The van der Waals surface area contributed by atoms with Crippen LogP contribution in [0.3, 0.4) is 0 Å². The predicted molar refractivity (Wildman–Crippen MR) is 98.8 cm³/mol. The first-order valence-electron chi connectivity index (χ1n) is 8.57. The van der Waals surface area contributed by atoms with Gasteiger partial charge in [0.2, 0.25) is 5.91 Å². The Morgan fingerprint density at radius 1 is 1.15 bits per heavy atom. The molecular weight excluding hydrogens is 346 g/mol. The van der Waals surface area contributed by atoms with Gasteiger partial charge in [-0.2, -0.15) is 0 Å². The molecule has 27 heavy (non-hydrogen) atoms. The number of carbonyl (C=O) groups excluding carboxylic acids is 1. The Kier molecular flexibility index (Phi) is 4.27. The summed E-state index contributed by atoms with van der Waals surface area (Å²) < 4.78 is 16.1. The van der Waals surface area contributed by atoms with E-state index in [-0.39, 0.29) is 5.91 Å². The maximum absolute atomic E-state index is 12.8. The van der Waals surface area contributed by atoms with E-state index < -0.39 is 5.41 Å². The third-order valence-electron chi connectivity index (χ3n) is 4.77. The average molecular weight is 365 g/mol. The van der Waals surface area contributed by atoms with Crippen molar-refractivity contribution in [2.45, 2.75) is 18.3 Å². The Hall–Kier alpha value is -3.35. The van der Waals surface area contributed by atoms with Crippen molar-refractivity contribution in [1.29, 1.82) is 0 Å². The fourth-order valence-electron chi connectivity index (χ4n) is 3.04. The van der Waals surface area contributed by atoms with Crippen LogP contribution in [0.25, 0.3) is 11.3 Å². The van der Waals surface area contributed by atoms with Gasteiger partial charge in [-0.05, 0) is 43.2 Å². The van der Waals surface area contributed by atoms with Crippen LogP contribution >= 0.6 is 0 Å². The number of amides is 1. The van der Waals surface area contributed by atoms with Crippen LogP contribution in [0, 0.1) is 0 Å². The number of pyridine rings is 1. The Morgan fingerprint density at radius 3 is 2.63 bits per heavy atom. The molecule has 0 radical (unpaired) electrons. The zero-order valence-corrected chi connectivity index (χ0v) is 15.1. The summed E-state index contributed by atoms with van der Waals surface area (Å²) in [4.78, 5) is 16.8. The van der Waals surface area contributed by atoms with Gasteiger partial charge in [-0.1, -0.05) is 5.16 Å². The van der Waals surface area contributed by atoms with Crippen molar-refractivity contribution in [2.24, 2.45) is 0 Å². The zero-order valence-electron chi connectivity index (χ0n) is 15.1. The minimum atomic E-state index is -0.645. The van der Waals surface area contributed by atoms with Crippen molar-refractivity contribution in [2.75, 3.05) is 19.5 Å². The second kappa shape index (κ2) is 6.75. The summed E-state index contributed by atoms with van der Waals surface area (Å²) in [5, 5.41) is 7.07. The molecule has 0 spiro atoms. The third kappa shape index (κ3) is 3.12. The molecule has 3 aromatic rings. The first kappa shape index (κ1) is 17.1. The Balaban J connectivity index is 1.58. The molecule has 1 N–H and O–H groups in total. The second-order valence-corrected chi connectivity index (χ2v) is 6.42. The van der Waals surface area contributed by atoms with Gasteiger partial charge in [0.25, 0.3) is 0 Å². The molecule has 0 bridgehead atoms. The Bertz CT molecular complexity index is 964. The highest BCUT2D eigenvalue weighted by Crippen LogP contribution is 2.49. The van der Waals surface area contributed by atoms with Gasteiger partial charge in [0.15, 0.2) is 17.3 Å². The summed E-state index contributed by atoms with van der Waals surface area (Å²) in [5.41, 5.74) is 1.45. The number of hydrogen-bond acceptors (Lipinski definition) is 6. The molecular formula is C20H19N3O4. The van der Waals surface area contributed by atoms with Crippen LogP contribution in [0.5, 0.6) is 11.5 Å². The lowest BCUT2D eigenvalue weighted by molar-refractivity contribution is -0.118. The molecule has 0 aliphatic heterocycles. The van der Waals surface area contributed by atoms with Gasteiger partial charge in [-0.3, -0.25) is 9.78 Å². The van der Waals surface area contributed by atoms with Gasteiger partial charge in [0, 0.05) is 17.8 Å². The Morgan fingerprint density at radius 2 is 1.96 bits per heavy atom. The van der Waals surface area contributed by atoms with E-state index in [1.165, 1.54) is 0 Å². The molecule has 0 atom stereocenters. The number of nitrogens with zero attached hydrogens (tertiary/aromatic N) is 2. The van der Waals surface area contributed by atoms with Crippen LogP contribution in [0.4, 0.5) is 5.69 Å². The number of rotatable bonds is 6. The lowest BCUT2D eigenvalue weighted by atomic mass is 10.00. The van der Waals surface area contributed by atoms with Gasteiger partial charge >= 0.3 is 0 Å². The standard InChI is InChI=1S/C20H19N3O4/c1-25-15-6-5-13(10-17(15)26-2)16-11-18(23-27-16)20(7-8-20)19(24)22-14-4-3-9-21-12-14/h3-6,9-12H,7-8H2,1-2H3,(H,22,24). The maximum Gasteiger partial charge on any atom is 0.236 e. The SMILES string of the molecule is COc1ccc(-c2cc(C3(C(=O)Nc4cccnc4)CC3)no2)cc1OC. The molecule has 2 aromatic heterocycles. The topological polar surface area (TPSA) is 86.5 Å². The van der Waals surface area contributed by atoms with Gasteiger partial charge in [0.1, 0.15) is 0 Å². The fraction of sp³-hybridized carbons (Fsp3) is 0.250. The van der Waals surface area contributed by atoms with Crippen LogP contribution in [-0.4, -0.2) is 30.3 Å². The van der Waals surface area contributed by atoms with Crippen LogP contribution < -0.4 is 14.8 Å². The number of ether oxygens (including phenoxy) is 2. The predicted octanol–water partition coefficient (Wildman–Crippen LogP) is 3.42. The van der Waals surface area contributed by atoms with Gasteiger partial charge in [0.05, 0.1) is 37.2 Å². The average Bonchev–Trinajstić information content (AvgIpc) is 3.38. The van der Waals surface area contributed by atoms with E-state index in [9.17, 15) is 4.79 Å². The normalized spacial score (nSPS) is 14.4. The highest BCUT2D eigenvalue weighted by atomic mass is 16.5. The smallest absolute Gasteiger partial charge is 0.236 e. The summed E-state index contributed by atoms with van der Waals surface area (Å²) in [6.45, 7) is 0. The molecule has 1 aromatic carbocycles. The molecule has 1 aliphatic rings. The third-order valence-corrected chi connectivity index (χ3v) is 4.77. The summed E-state index contributed by atoms with van der Waals surface area (Å²) >= 11 is 0. The highest BCUT2D eigenvalue weighted by Gasteiger charge is 2.53. The van der Waals surface area contributed by atoms with E-state index in [0.717, 1.165) is 18.4 Å². The molecule has 1 aliphatic carbocycles. The number of methoxy groups -OCH3 is 2. The van der Waals surface area contributed by atoms with Crippen molar-refractivity contribution < 1.29 is 18.8 Å². The second-order valence-electron chi connectivity index (χ2n) is 6.42. The highest BCUT2D eigenvalue weighted by molar-refractivity contribution is 6.01. The number of anilines is 1. The van der Waals surface area contributed by atoms with Crippen LogP contribution in [0.2, 0.25) is 0 Å². The number of benzene rings is 1. The van der Waals surface area contributed by atoms with Crippen molar-refractivity contribution in [3.63, 3.8) is 0 Å². The van der Waals surface area contributed by atoms with Crippen LogP contribution in [0.15, 0.2) is 53.3 Å². The molecule has 0 saturated heterocycles. The molecule has 7 heteroatoms. The number of aromatic nitrogens is 2. The van der Waals surface area contributed by atoms with Crippen LogP contribution in [-0.2, 0) is 10.2 Å². The molecule has 138 valence electrons. The van der Waals surface area contributed by atoms with E-state index in [2.05, 4.69) is 15.5 Å².